The molecular formula is C13H25N3OS. The summed E-state index contributed by atoms with van der Waals surface area (Å²) in [6.07, 6.45) is 1.18. The van der Waals surface area contributed by atoms with E-state index in [0.29, 0.717) is 5.41 Å². The van der Waals surface area contributed by atoms with Crippen LogP contribution in [0, 0.1) is 5.41 Å². The van der Waals surface area contributed by atoms with Crippen molar-refractivity contribution in [2.24, 2.45) is 10.4 Å². The van der Waals surface area contributed by atoms with Crippen LogP contribution < -0.4 is 5.32 Å². The second-order valence-electron chi connectivity index (χ2n) is 5.81. The summed E-state index contributed by atoms with van der Waals surface area (Å²) in [7, 11) is 0. The van der Waals surface area contributed by atoms with Gasteiger partial charge in [-0.05, 0) is 18.4 Å². The molecule has 0 amide bonds. The van der Waals surface area contributed by atoms with Gasteiger partial charge in [-0.15, -0.1) is 0 Å². The van der Waals surface area contributed by atoms with Gasteiger partial charge >= 0.3 is 0 Å². The van der Waals surface area contributed by atoms with E-state index in [1.165, 1.54) is 18.7 Å². The lowest BCUT2D eigenvalue weighted by atomic mass is 9.97. The molecule has 2 heterocycles. The van der Waals surface area contributed by atoms with Gasteiger partial charge in [-0.3, -0.25) is 9.89 Å². The molecule has 0 aromatic rings. The van der Waals surface area contributed by atoms with Crippen LogP contribution in [0.2, 0.25) is 0 Å². The van der Waals surface area contributed by atoms with E-state index in [1.54, 1.807) is 0 Å². The average molecular weight is 271 g/mol. The minimum atomic E-state index is 0.365. The van der Waals surface area contributed by atoms with E-state index < -0.39 is 0 Å². The second kappa shape index (κ2) is 6.78. The molecule has 0 aromatic heterocycles. The third-order valence-electron chi connectivity index (χ3n) is 3.28. The molecule has 0 spiro atoms. The SMILES string of the molecule is CC1(C)CN=C(NCCCN2CCOCC2)SC1. The van der Waals surface area contributed by atoms with Crippen molar-refractivity contribution in [3.8, 4) is 0 Å². The Labute approximate surface area is 115 Å². The molecule has 2 aliphatic heterocycles. The molecule has 0 atom stereocenters. The Morgan fingerprint density at radius 1 is 1.39 bits per heavy atom. The zero-order chi connectivity index (χ0) is 12.8. The van der Waals surface area contributed by atoms with Crippen molar-refractivity contribution < 1.29 is 4.74 Å². The molecule has 5 heteroatoms. The van der Waals surface area contributed by atoms with Gasteiger partial charge in [0.05, 0.1) is 13.2 Å². The molecule has 1 saturated heterocycles. The Kier molecular flexibility index (Phi) is 5.33. The lowest BCUT2D eigenvalue weighted by molar-refractivity contribution is 0.0376. The molecule has 1 fully saturated rings. The largest absolute Gasteiger partial charge is 0.379 e. The first-order valence-corrected chi connectivity index (χ1v) is 7.85. The molecule has 104 valence electrons. The van der Waals surface area contributed by atoms with Crippen LogP contribution in [0.15, 0.2) is 4.99 Å². The molecule has 0 unspecified atom stereocenters. The highest BCUT2D eigenvalue weighted by Crippen LogP contribution is 2.26. The van der Waals surface area contributed by atoms with Crippen LogP contribution >= 0.6 is 11.8 Å². The van der Waals surface area contributed by atoms with E-state index in [0.717, 1.165) is 44.6 Å². The molecule has 0 bridgehead atoms. The Balaban J connectivity index is 1.57. The van der Waals surface area contributed by atoms with E-state index in [4.69, 9.17) is 4.74 Å². The van der Waals surface area contributed by atoms with Gasteiger partial charge in [-0.1, -0.05) is 25.6 Å². The fourth-order valence-electron chi connectivity index (χ4n) is 2.07. The van der Waals surface area contributed by atoms with Crippen molar-refractivity contribution in [2.75, 3.05) is 51.7 Å². The summed E-state index contributed by atoms with van der Waals surface area (Å²) in [4.78, 5) is 7.08. The predicted octanol–water partition coefficient (Wildman–Crippen LogP) is 1.43. The molecule has 0 aliphatic carbocycles. The Morgan fingerprint density at radius 3 is 2.83 bits per heavy atom. The van der Waals surface area contributed by atoms with Gasteiger partial charge in [0.25, 0.3) is 0 Å². The molecule has 1 N–H and O–H groups in total. The molecule has 2 rings (SSSR count). The monoisotopic (exact) mass is 271 g/mol. The van der Waals surface area contributed by atoms with Crippen LogP contribution in [0.5, 0.6) is 0 Å². The van der Waals surface area contributed by atoms with Gasteiger partial charge in [0.15, 0.2) is 5.17 Å². The number of ether oxygens (including phenoxy) is 1. The smallest absolute Gasteiger partial charge is 0.156 e. The fourth-order valence-corrected chi connectivity index (χ4v) is 3.05. The van der Waals surface area contributed by atoms with Gasteiger partial charge in [0.1, 0.15) is 0 Å². The molecular weight excluding hydrogens is 246 g/mol. The van der Waals surface area contributed by atoms with Crippen LogP contribution in [0.3, 0.4) is 0 Å². The first-order chi connectivity index (χ1) is 8.66. The van der Waals surface area contributed by atoms with Crippen molar-refractivity contribution in [2.45, 2.75) is 20.3 Å². The Morgan fingerprint density at radius 2 is 2.17 bits per heavy atom. The van der Waals surface area contributed by atoms with Gasteiger partial charge < -0.3 is 10.1 Å². The van der Waals surface area contributed by atoms with E-state index in [9.17, 15) is 0 Å². The topological polar surface area (TPSA) is 36.9 Å². The van der Waals surface area contributed by atoms with Crippen LogP contribution in [0.25, 0.3) is 0 Å². The van der Waals surface area contributed by atoms with Crippen LogP contribution in [-0.4, -0.2) is 61.8 Å². The number of rotatable bonds is 4. The van der Waals surface area contributed by atoms with Crippen molar-refractivity contribution in [3.05, 3.63) is 0 Å². The van der Waals surface area contributed by atoms with Crippen molar-refractivity contribution in [1.82, 2.24) is 10.2 Å². The predicted molar refractivity (Wildman–Crippen MR) is 78.4 cm³/mol. The Bertz CT molecular complexity index is 288. The lowest BCUT2D eigenvalue weighted by Gasteiger charge is -2.28. The minimum Gasteiger partial charge on any atom is -0.379 e. The first kappa shape index (κ1) is 14.2. The zero-order valence-corrected chi connectivity index (χ0v) is 12.4. The third-order valence-corrected chi connectivity index (χ3v) is 4.75. The highest BCUT2D eigenvalue weighted by atomic mass is 32.2. The minimum absolute atomic E-state index is 0.365. The summed E-state index contributed by atoms with van der Waals surface area (Å²) in [5, 5.41) is 4.59. The van der Waals surface area contributed by atoms with Crippen molar-refractivity contribution >= 4 is 16.9 Å². The standard InChI is InChI=1S/C13H25N3OS/c1-13(2)10-15-12(18-11-13)14-4-3-5-16-6-8-17-9-7-16/h3-11H2,1-2H3,(H,14,15). The molecule has 0 aromatic carbocycles. The maximum atomic E-state index is 5.34. The third kappa shape index (κ3) is 4.78. The van der Waals surface area contributed by atoms with Crippen LogP contribution in [-0.2, 0) is 4.74 Å². The summed E-state index contributed by atoms with van der Waals surface area (Å²) < 4.78 is 5.34. The summed E-state index contributed by atoms with van der Waals surface area (Å²) in [5.74, 6) is 1.17. The summed E-state index contributed by atoms with van der Waals surface area (Å²) in [6, 6.07) is 0. The summed E-state index contributed by atoms with van der Waals surface area (Å²) in [6.45, 7) is 11.7. The maximum absolute atomic E-state index is 5.34. The van der Waals surface area contributed by atoms with Gasteiger partial charge in [0, 0.05) is 31.9 Å². The van der Waals surface area contributed by atoms with E-state index in [1.807, 2.05) is 11.8 Å². The number of thioether (sulfide) groups is 1. The fraction of sp³-hybridized carbons (Fsp3) is 0.923. The molecule has 0 saturated carbocycles. The molecule has 18 heavy (non-hydrogen) atoms. The number of amidine groups is 1. The summed E-state index contributed by atoms with van der Waals surface area (Å²) in [5.41, 5.74) is 0.365. The molecule has 2 aliphatic rings. The van der Waals surface area contributed by atoms with Gasteiger partial charge in [0.2, 0.25) is 0 Å². The van der Waals surface area contributed by atoms with Crippen molar-refractivity contribution in [1.29, 1.82) is 0 Å². The number of hydrogen-bond acceptors (Lipinski definition) is 5. The number of nitrogens with zero attached hydrogens (tertiary/aromatic N) is 2. The van der Waals surface area contributed by atoms with Crippen LogP contribution in [0.1, 0.15) is 20.3 Å². The zero-order valence-electron chi connectivity index (χ0n) is 11.6. The van der Waals surface area contributed by atoms with E-state index >= 15 is 0 Å². The molecule has 4 nitrogen and oxygen atoms in total. The number of nitrogens with one attached hydrogen (secondary N) is 1. The highest BCUT2D eigenvalue weighted by molar-refractivity contribution is 8.13. The highest BCUT2D eigenvalue weighted by Gasteiger charge is 2.23. The summed E-state index contributed by atoms with van der Waals surface area (Å²) >= 11 is 1.86. The normalized spacial score (nSPS) is 24.7. The molecule has 0 radical (unpaired) electrons. The Hall–Kier alpha value is -0.260. The average Bonchev–Trinajstić information content (AvgIpc) is 2.37. The lowest BCUT2D eigenvalue weighted by Crippen LogP contribution is -2.38. The van der Waals surface area contributed by atoms with E-state index in [-0.39, 0.29) is 0 Å². The van der Waals surface area contributed by atoms with Gasteiger partial charge in [-0.25, -0.2) is 0 Å². The van der Waals surface area contributed by atoms with Crippen LogP contribution in [0.4, 0.5) is 0 Å². The number of morpholine rings is 1. The maximum Gasteiger partial charge on any atom is 0.156 e. The first-order valence-electron chi connectivity index (χ1n) is 6.87. The van der Waals surface area contributed by atoms with Gasteiger partial charge in [-0.2, -0.15) is 0 Å². The number of aliphatic imine (C=N–C) groups is 1. The van der Waals surface area contributed by atoms with E-state index in [2.05, 4.69) is 29.1 Å². The quantitative estimate of drug-likeness (QED) is 0.785. The number of hydrogen-bond donors (Lipinski definition) is 1. The second-order valence-corrected chi connectivity index (χ2v) is 6.77. The van der Waals surface area contributed by atoms with Crippen molar-refractivity contribution in [3.63, 3.8) is 0 Å².